The topological polar surface area (TPSA) is 68.9 Å². The summed E-state index contributed by atoms with van der Waals surface area (Å²) < 4.78 is 0. The number of hydrogen-bond acceptors (Lipinski definition) is 5. The Labute approximate surface area is 125 Å². The van der Waals surface area contributed by atoms with Crippen LogP contribution in [0.4, 0.5) is 5.69 Å². The third-order valence-corrected chi connectivity index (χ3v) is 3.86. The molecule has 0 saturated carbocycles. The summed E-state index contributed by atoms with van der Waals surface area (Å²) in [5.41, 5.74) is 2.35. The van der Waals surface area contributed by atoms with Crippen molar-refractivity contribution in [2.24, 2.45) is 0 Å². The lowest BCUT2D eigenvalue weighted by atomic mass is 10.1. The fraction of sp³-hybridized carbons (Fsp3) is 0.0667. The van der Waals surface area contributed by atoms with E-state index in [1.807, 2.05) is 17.5 Å². The first-order valence-electron chi connectivity index (χ1n) is 6.31. The number of para-hydroxylation sites is 1. The van der Waals surface area contributed by atoms with Crippen LogP contribution in [0.5, 0.6) is 0 Å². The van der Waals surface area contributed by atoms with Crippen molar-refractivity contribution in [2.45, 2.75) is 6.42 Å². The molecule has 3 rings (SSSR count). The molecule has 0 fully saturated rings. The van der Waals surface area contributed by atoms with Crippen LogP contribution >= 0.6 is 11.3 Å². The van der Waals surface area contributed by atoms with Crippen molar-refractivity contribution in [3.05, 3.63) is 74.9 Å². The van der Waals surface area contributed by atoms with Crippen LogP contribution in [0.25, 0.3) is 11.3 Å². The Kier molecular flexibility index (Phi) is 3.70. The zero-order valence-electron chi connectivity index (χ0n) is 11.0. The van der Waals surface area contributed by atoms with E-state index in [2.05, 4.69) is 9.97 Å². The highest BCUT2D eigenvalue weighted by molar-refractivity contribution is 7.10. The van der Waals surface area contributed by atoms with Gasteiger partial charge in [0.1, 0.15) is 0 Å². The van der Waals surface area contributed by atoms with E-state index in [9.17, 15) is 10.1 Å². The molecule has 5 nitrogen and oxygen atoms in total. The molecule has 104 valence electrons. The first-order valence-corrected chi connectivity index (χ1v) is 7.19. The summed E-state index contributed by atoms with van der Waals surface area (Å²) in [5, 5.41) is 13.8. The Morgan fingerprint density at radius 1 is 1.19 bits per heavy atom. The van der Waals surface area contributed by atoms with Gasteiger partial charge in [-0.05, 0) is 17.7 Å². The smallest absolute Gasteiger partial charge is 0.264 e. The van der Waals surface area contributed by atoms with Crippen LogP contribution in [0.15, 0.2) is 54.2 Å². The fourth-order valence-corrected chi connectivity index (χ4v) is 2.87. The van der Waals surface area contributed by atoms with Crippen LogP contribution in [0, 0.1) is 10.1 Å². The average molecular weight is 297 g/mol. The number of nitrogens with zero attached hydrogens (tertiary/aromatic N) is 3. The van der Waals surface area contributed by atoms with Crippen molar-refractivity contribution in [1.29, 1.82) is 0 Å². The third-order valence-electron chi connectivity index (χ3n) is 3.01. The van der Waals surface area contributed by atoms with Crippen LogP contribution in [0.2, 0.25) is 0 Å². The number of hydrogen-bond donors (Lipinski definition) is 0. The molecule has 0 radical (unpaired) electrons. The second-order valence-electron chi connectivity index (χ2n) is 4.44. The summed E-state index contributed by atoms with van der Waals surface area (Å²) in [7, 11) is 0. The van der Waals surface area contributed by atoms with Crippen LogP contribution in [0.3, 0.4) is 0 Å². The lowest BCUT2D eigenvalue weighted by Gasteiger charge is -1.99. The molecule has 0 amide bonds. The normalized spacial score (nSPS) is 10.5. The van der Waals surface area contributed by atoms with Gasteiger partial charge in [-0.3, -0.25) is 15.1 Å². The van der Waals surface area contributed by atoms with E-state index in [-0.39, 0.29) is 10.6 Å². The molecule has 2 heterocycles. The largest absolute Gasteiger partial charge is 0.278 e. The lowest BCUT2D eigenvalue weighted by Crippen LogP contribution is -1.92. The van der Waals surface area contributed by atoms with Crippen LogP contribution in [-0.2, 0) is 6.42 Å². The number of nitro groups is 1. The van der Waals surface area contributed by atoms with Crippen molar-refractivity contribution >= 4 is 17.0 Å². The molecule has 0 N–H and O–H groups in total. The zero-order chi connectivity index (χ0) is 14.7. The summed E-state index contributed by atoms with van der Waals surface area (Å²) in [6, 6.07) is 10.5. The van der Waals surface area contributed by atoms with Crippen molar-refractivity contribution in [3.63, 3.8) is 0 Å². The van der Waals surface area contributed by atoms with E-state index >= 15 is 0 Å². The predicted octanol–water partition coefficient (Wildman–Crippen LogP) is 3.70. The minimum atomic E-state index is -0.379. The number of rotatable bonds is 4. The monoisotopic (exact) mass is 297 g/mol. The van der Waals surface area contributed by atoms with Gasteiger partial charge in [0.2, 0.25) is 0 Å². The lowest BCUT2D eigenvalue weighted by molar-refractivity contribution is -0.384. The molecule has 0 atom stereocenters. The maximum absolute atomic E-state index is 11.1. The second kappa shape index (κ2) is 5.80. The Morgan fingerprint density at radius 2 is 2.05 bits per heavy atom. The molecule has 0 aliphatic rings. The van der Waals surface area contributed by atoms with Gasteiger partial charge >= 0.3 is 0 Å². The Bertz CT molecular complexity index is 771. The minimum Gasteiger partial charge on any atom is -0.264 e. The zero-order valence-corrected chi connectivity index (χ0v) is 11.8. The van der Waals surface area contributed by atoms with E-state index in [0.717, 1.165) is 10.6 Å². The summed E-state index contributed by atoms with van der Waals surface area (Å²) in [4.78, 5) is 19.3. The quantitative estimate of drug-likeness (QED) is 0.544. The number of aromatic nitrogens is 2. The van der Waals surface area contributed by atoms with Gasteiger partial charge in [-0.15, -0.1) is 11.3 Å². The SMILES string of the molecule is O=[N+]([O-])c1ccccc1-c1csc(Cc2cccnc2)n1. The van der Waals surface area contributed by atoms with Crippen LogP contribution in [0.1, 0.15) is 10.6 Å². The maximum atomic E-state index is 11.1. The summed E-state index contributed by atoms with van der Waals surface area (Å²) in [6.07, 6.45) is 4.20. The molecule has 0 bridgehead atoms. The van der Waals surface area contributed by atoms with Gasteiger partial charge in [0.05, 0.1) is 21.2 Å². The van der Waals surface area contributed by atoms with Crippen LogP contribution < -0.4 is 0 Å². The Morgan fingerprint density at radius 3 is 2.81 bits per heavy atom. The van der Waals surface area contributed by atoms with Crippen molar-refractivity contribution in [1.82, 2.24) is 9.97 Å². The van der Waals surface area contributed by atoms with Crippen molar-refractivity contribution in [3.8, 4) is 11.3 Å². The van der Waals surface area contributed by atoms with Gasteiger partial charge in [-0.1, -0.05) is 18.2 Å². The maximum Gasteiger partial charge on any atom is 0.278 e. The Hall–Kier alpha value is -2.60. The summed E-state index contributed by atoms with van der Waals surface area (Å²) >= 11 is 1.50. The summed E-state index contributed by atoms with van der Waals surface area (Å²) in [6.45, 7) is 0. The molecule has 1 aromatic carbocycles. The van der Waals surface area contributed by atoms with Gasteiger partial charge in [-0.25, -0.2) is 4.98 Å². The molecule has 6 heteroatoms. The van der Waals surface area contributed by atoms with Gasteiger partial charge in [0.15, 0.2) is 0 Å². The minimum absolute atomic E-state index is 0.0794. The van der Waals surface area contributed by atoms with Crippen LogP contribution in [-0.4, -0.2) is 14.9 Å². The van der Waals surface area contributed by atoms with E-state index in [4.69, 9.17) is 0 Å². The molecule has 2 aromatic heterocycles. The van der Waals surface area contributed by atoms with Crippen molar-refractivity contribution < 1.29 is 4.92 Å². The molecule has 0 aliphatic heterocycles. The van der Waals surface area contributed by atoms with Gasteiger partial charge in [-0.2, -0.15) is 0 Å². The second-order valence-corrected chi connectivity index (χ2v) is 5.38. The molecular formula is C15H11N3O2S. The number of pyridine rings is 1. The van der Waals surface area contributed by atoms with Gasteiger partial charge in [0, 0.05) is 30.3 Å². The standard InChI is InChI=1S/C15H11N3O2S/c19-18(20)14-6-2-1-5-12(14)13-10-21-15(17-13)8-11-4-3-7-16-9-11/h1-7,9-10H,8H2. The number of thiazole rings is 1. The summed E-state index contributed by atoms with van der Waals surface area (Å²) in [5.74, 6) is 0. The molecule has 0 spiro atoms. The first-order chi connectivity index (χ1) is 10.2. The molecule has 0 saturated heterocycles. The highest BCUT2D eigenvalue weighted by Crippen LogP contribution is 2.30. The van der Waals surface area contributed by atoms with Crippen molar-refractivity contribution in [2.75, 3.05) is 0 Å². The molecule has 0 aliphatic carbocycles. The predicted molar refractivity (Wildman–Crippen MR) is 81.2 cm³/mol. The van der Waals surface area contributed by atoms with E-state index < -0.39 is 0 Å². The number of benzene rings is 1. The molecule has 3 aromatic rings. The third kappa shape index (κ3) is 2.95. The Balaban J connectivity index is 1.90. The highest BCUT2D eigenvalue weighted by Gasteiger charge is 2.16. The van der Waals surface area contributed by atoms with Gasteiger partial charge in [0.25, 0.3) is 5.69 Å². The molecular weight excluding hydrogens is 286 g/mol. The first kappa shape index (κ1) is 13.4. The van der Waals surface area contributed by atoms with E-state index in [0.29, 0.717) is 17.7 Å². The highest BCUT2D eigenvalue weighted by atomic mass is 32.1. The fourth-order valence-electron chi connectivity index (χ4n) is 2.04. The molecule has 0 unspecified atom stereocenters. The van der Waals surface area contributed by atoms with E-state index in [1.54, 1.807) is 30.6 Å². The average Bonchev–Trinajstić information content (AvgIpc) is 2.96. The molecule has 21 heavy (non-hydrogen) atoms. The number of nitro benzene ring substituents is 1. The van der Waals surface area contributed by atoms with Gasteiger partial charge < -0.3 is 0 Å². The van der Waals surface area contributed by atoms with E-state index in [1.165, 1.54) is 17.4 Å².